The van der Waals surface area contributed by atoms with E-state index in [9.17, 15) is 9.59 Å². The molecule has 1 saturated heterocycles. The molecule has 2 aromatic heterocycles. The van der Waals surface area contributed by atoms with Gasteiger partial charge in [0.2, 0.25) is 0 Å². The largest absolute Gasteiger partial charge is 0.444 e. The second kappa shape index (κ2) is 11.7. The lowest BCUT2D eigenvalue weighted by molar-refractivity contribution is 0.0218. The Hall–Kier alpha value is -4.31. The number of aromatic nitrogens is 3. The second-order valence-electron chi connectivity index (χ2n) is 10.9. The maximum Gasteiger partial charge on any atom is 0.412 e. The molecule has 214 valence electrons. The number of hydrogen-bond donors (Lipinski definition) is 1. The van der Waals surface area contributed by atoms with Crippen LogP contribution in [0.2, 0.25) is 5.02 Å². The minimum Gasteiger partial charge on any atom is -0.444 e. The van der Waals surface area contributed by atoms with Gasteiger partial charge in [-0.3, -0.25) is 9.88 Å². The zero-order chi connectivity index (χ0) is 29.1. The Bertz CT molecular complexity index is 1550. The highest BCUT2D eigenvalue weighted by molar-refractivity contribution is 6.30. The number of fused-ring (bicyclic) bond motifs is 1. The highest BCUT2D eigenvalue weighted by Crippen LogP contribution is 2.36. The van der Waals surface area contributed by atoms with E-state index in [2.05, 4.69) is 20.2 Å². The third kappa shape index (κ3) is 6.54. The Labute approximate surface area is 243 Å². The molecule has 0 aliphatic carbocycles. The van der Waals surface area contributed by atoms with Crippen LogP contribution < -0.4 is 10.2 Å². The number of carbonyl (C=O) groups is 2. The van der Waals surface area contributed by atoms with Gasteiger partial charge in [-0.05, 0) is 51.5 Å². The molecule has 1 N–H and O–H groups in total. The van der Waals surface area contributed by atoms with Gasteiger partial charge in [-0.2, -0.15) is 0 Å². The number of carbonyl (C=O) groups excluding carboxylic acids is 2. The highest BCUT2D eigenvalue weighted by atomic mass is 35.5. The third-order valence-electron chi connectivity index (χ3n) is 6.65. The first-order valence-electron chi connectivity index (χ1n) is 13.4. The summed E-state index contributed by atoms with van der Waals surface area (Å²) >= 11 is 6.30. The van der Waals surface area contributed by atoms with E-state index in [0.29, 0.717) is 47.2 Å². The van der Waals surface area contributed by atoms with Crippen LogP contribution in [0.4, 0.5) is 21.1 Å². The summed E-state index contributed by atoms with van der Waals surface area (Å²) in [4.78, 5) is 38.7. The lowest BCUT2D eigenvalue weighted by Crippen LogP contribution is -2.54. The van der Waals surface area contributed by atoms with E-state index in [0.717, 1.165) is 11.3 Å². The van der Waals surface area contributed by atoms with Gasteiger partial charge >= 0.3 is 12.2 Å². The predicted octanol–water partition coefficient (Wildman–Crippen LogP) is 6.27. The van der Waals surface area contributed by atoms with E-state index >= 15 is 0 Å². The molecule has 0 radical (unpaired) electrons. The summed E-state index contributed by atoms with van der Waals surface area (Å²) in [7, 11) is 0. The van der Waals surface area contributed by atoms with Crippen LogP contribution in [-0.2, 0) is 16.1 Å². The van der Waals surface area contributed by atoms with Gasteiger partial charge in [0.05, 0.1) is 11.1 Å². The topological polar surface area (TPSA) is 102 Å². The quantitative estimate of drug-likeness (QED) is 0.299. The number of halogens is 1. The van der Waals surface area contributed by atoms with Crippen molar-refractivity contribution in [2.75, 3.05) is 29.9 Å². The summed E-state index contributed by atoms with van der Waals surface area (Å²) < 4.78 is 13.0. The van der Waals surface area contributed by atoms with Crippen molar-refractivity contribution in [3.63, 3.8) is 0 Å². The predicted molar refractivity (Wildman–Crippen MR) is 159 cm³/mol. The number of anilines is 2. The Morgan fingerprint density at radius 2 is 1.85 bits per heavy atom. The molecule has 3 heterocycles. The van der Waals surface area contributed by atoms with Crippen molar-refractivity contribution in [3.05, 3.63) is 77.7 Å². The van der Waals surface area contributed by atoms with Crippen molar-refractivity contribution in [1.29, 1.82) is 0 Å². The highest BCUT2D eigenvalue weighted by Gasteiger charge is 2.32. The van der Waals surface area contributed by atoms with E-state index in [1.54, 1.807) is 17.2 Å². The monoisotopic (exact) mass is 576 g/mol. The Morgan fingerprint density at radius 3 is 2.56 bits per heavy atom. The maximum absolute atomic E-state index is 12.9. The smallest absolute Gasteiger partial charge is 0.412 e. The zero-order valence-electron chi connectivity index (χ0n) is 23.5. The number of nitrogens with one attached hydrogen (secondary N) is 1. The Balaban J connectivity index is 1.47. The van der Waals surface area contributed by atoms with E-state index < -0.39 is 11.7 Å². The maximum atomic E-state index is 12.9. The van der Waals surface area contributed by atoms with Gasteiger partial charge < -0.3 is 19.3 Å². The number of piperazine rings is 1. The summed E-state index contributed by atoms with van der Waals surface area (Å²) in [6.07, 6.45) is 2.35. The van der Waals surface area contributed by atoms with Gasteiger partial charge in [-0.15, -0.1) is 0 Å². The van der Waals surface area contributed by atoms with E-state index in [1.807, 2.05) is 80.8 Å². The molecule has 10 nitrogen and oxygen atoms in total. The summed E-state index contributed by atoms with van der Waals surface area (Å²) in [6.45, 7) is 9.16. The molecule has 1 aliphatic rings. The molecule has 0 spiro atoms. The van der Waals surface area contributed by atoms with Crippen molar-refractivity contribution in [1.82, 2.24) is 19.4 Å². The summed E-state index contributed by atoms with van der Waals surface area (Å²) in [5, 5.41) is 4.13. The van der Waals surface area contributed by atoms with Gasteiger partial charge in [0.25, 0.3) is 0 Å². The third-order valence-corrected chi connectivity index (χ3v) is 6.89. The molecular formula is C30H33ClN6O4. The average molecular weight is 577 g/mol. The minimum absolute atomic E-state index is 0.0817. The number of rotatable bonds is 5. The van der Waals surface area contributed by atoms with Crippen LogP contribution in [0.3, 0.4) is 0 Å². The molecule has 41 heavy (non-hydrogen) atoms. The summed E-state index contributed by atoms with van der Waals surface area (Å²) in [5.74, 6) is 0.644. The summed E-state index contributed by atoms with van der Waals surface area (Å²) in [5.41, 5.74) is 2.17. The number of nitrogens with zero attached hydrogens (tertiary/aromatic N) is 5. The molecule has 2 aromatic carbocycles. The minimum atomic E-state index is -0.600. The SMILES string of the molecule is C[C@H]1CN(C(=O)OC(C)(C)C)CCN1c1ncnc2c1c(NC(=O)OCc1ccccc1)cn2-c1cccc(Cl)c1. The zero-order valence-corrected chi connectivity index (χ0v) is 24.3. The van der Waals surface area contributed by atoms with Crippen molar-refractivity contribution in [2.45, 2.75) is 45.9 Å². The first kappa shape index (κ1) is 28.2. The van der Waals surface area contributed by atoms with Crippen molar-refractivity contribution in [3.8, 4) is 5.69 Å². The van der Waals surface area contributed by atoms with Crippen molar-refractivity contribution >= 4 is 46.3 Å². The Morgan fingerprint density at radius 1 is 1.07 bits per heavy atom. The first-order chi connectivity index (χ1) is 19.6. The molecule has 1 fully saturated rings. The second-order valence-corrected chi connectivity index (χ2v) is 11.4. The fraction of sp³-hybridized carbons (Fsp3) is 0.333. The van der Waals surface area contributed by atoms with Crippen LogP contribution in [0, 0.1) is 0 Å². The molecule has 11 heteroatoms. The fourth-order valence-corrected chi connectivity index (χ4v) is 5.00. The number of hydrogen-bond acceptors (Lipinski definition) is 7. The molecule has 0 unspecified atom stereocenters. The van der Waals surface area contributed by atoms with Gasteiger partial charge in [-0.25, -0.2) is 19.6 Å². The normalized spacial score (nSPS) is 15.6. The average Bonchev–Trinajstić information content (AvgIpc) is 3.30. The van der Waals surface area contributed by atoms with Crippen LogP contribution in [0.25, 0.3) is 16.7 Å². The van der Waals surface area contributed by atoms with E-state index in [1.165, 1.54) is 6.33 Å². The van der Waals surface area contributed by atoms with Crippen molar-refractivity contribution in [2.24, 2.45) is 0 Å². The lowest BCUT2D eigenvalue weighted by Gasteiger charge is -2.41. The molecular weight excluding hydrogens is 544 g/mol. The van der Waals surface area contributed by atoms with Gasteiger partial charge in [0.15, 0.2) is 5.65 Å². The molecule has 1 atom stereocenters. The van der Waals surface area contributed by atoms with Gasteiger partial charge in [-0.1, -0.05) is 48.0 Å². The fourth-order valence-electron chi connectivity index (χ4n) is 4.81. The van der Waals surface area contributed by atoms with Crippen LogP contribution in [-0.4, -0.2) is 62.9 Å². The number of benzene rings is 2. The van der Waals surface area contributed by atoms with Crippen LogP contribution in [0.15, 0.2) is 67.1 Å². The molecule has 2 amide bonds. The number of amides is 2. The van der Waals surface area contributed by atoms with E-state index in [-0.39, 0.29) is 18.7 Å². The number of ether oxygens (including phenoxy) is 2. The molecule has 5 rings (SSSR count). The first-order valence-corrected chi connectivity index (χ1v) is 13.8. The standard InChI is InChI=1S/C30H33ClN6O4/c1-20-16-35(29(39)41-30(2,3)4)13-14-36(20)26-25-24(34-28(38)40-18-21-9-6-5-7-10-21)17-37(27(25)33-19-32-26)23-12-8-11-22(31)15-23/h5-12,15,17,19-20H,13-14,16,18H2,1-4H3,(H,34,38)/t20-/m0/s1. The lowest BCUT2D eigenvalue weighted by atomic mass is 10.1. The Kier molecular flexibility index (Phi) is 8.03. The summed E-state index contributed by atoms with van der Waals surface area (Å²) in [6, 6.07) is 16.8. The molecule has 4 aromatic rings. The van der Waals surface area contributed by atoms with Crippen molar-refractivity contribution < 1.29 is 19.1 Å². The molecule has 0 bridgehead atoms. The molecule has 0 saturated carbocycles. The molecule has 1 aliphatic heterocycles. The van der Waals surface area contributed by atoms with Crippen LogP contribution >= 0.6 is 11.6 Å². The van der Waals surface area contributed by atoms with Crippen LogP contribution in [0.5, 0.6) is 0 Å². The van der Waals surface area contributed by atoms with Gasteiger partial charge in [0.1, 0.15) is 24.4 Å². The van der Waals surface area contributed by atoms with E-state index in [4.69, 9.17) is 21.1 Å². The van der Waals surface area contributed by atoms with Crippen LogP contribution in [0.1, 0.15) is 33.3 Å². The van der Waals surface area contributed by atoms with Gasteiger partial charge in [0, 0.05) is 42.6 Å².